The minimum absolute atomic E-state index is 0.0433. The first-order valence-electron chi connectivity index (χ1n) is 4.84. The molecular formula is C9H18F2N2O. The third-order valence-electron chi connectivity index (χ3n) is 1.71. The van der Waals surface area contributed by atoms with Crippen LogP contribution >= 0.6 is 0 Å². The van der Waals surface area contributed by atoms with Crippen molar-refractivity contribution in [2.45, 2.75) is 39.2 Å². The molecule has 0 spiro atoms. The highest BCUT2D eigenvalue weighted by Crippen LogP contribution is 1.93. The Hall–Kier alpha value is -0.710. The van der Waals surface area contributed by atoms with E-state index in [0.29, 0.717) is 0 Å². The molecule has 1 amide bonds. The summed E-state index contributed by atoms with van der Waals surface area (Å²) in [6.45, 7) is 3.44. The van der Waals surface area contributed by atoms with E-state index >= 15 is 0 Å². The van der Waals surface area contributed by atoms with Crippen molar-refractivity contribution in [3.63, 3.8) is 0 Å². The van der Waals surface area contributed by atoms with Crippen molar-refractivity contribution in [2.75, 3.05) is 13.1 Å². The van der Waals surface area contributed by atoms with Crippen LogP contribution in [-0.4, -0.2) is 31.5 Å². The summed E-state index contributed by atoms with van der Waals surface area (Å²) < 4.78 is 23.3. The van der Waals surface area contributed by atoms with E-state index in [4.69, 9.17) is 0 Å². The standard InChI is InChI=1S/C9H18F2N2O/c1-3-4-7(2)13-9(14)6-12-5-8(10)11/h7-8,12H,3-6H2,1-2H3,(H,13,14). The summed E-state index contributed by atoms with van der Waals surface area (Å²) >= 11 is 0. The molecule has 0 saturated heterocycles. The maximum atomic E-state index is 11.7. The van der Waals surface area contributed by atoms with Crippen molar-refractivity contribution in [1.82, 2.24) is 10.6 Å². The molecule has 3 nitrogen and oxygen atoms in total. The Bertz CT molecular complexity index is 165. The Kier molecular flexibility index (Phi) is 7.28. The molecule has 0 aliphatic rings. The maximum absolute atomic E-state index is 11.7. The number of hydrogen-bond donors (Lipinski definition) is 2. The fraction of sp³-hybridized carbons (Fsp3) is 0.889. The van der Waals surface area contributed by atoms with Crippen LogP contribution < -0.4 is 10.6 Å². The van der Waals surface area contributed by atoms with Crippen LogP contribution in [0.2, 0.25) is 0 Å². The summed E-state index contributed by atoms with van der Waals surface area (Å²) in [6, 6.07) is 0.112. The first kappa shape index (κ1) is 13.3. The van der Waals surface area contributed by atoms with Gasteiger partial charge >= 0.3 is 0 Å². The van der Waals surface area contributed by atoms with Gasteiger partial charge in [-0.05, 0) is 13.3 Å². The van der Waals surface area contributed by atoms with Gasteiger partial charge in [0.1, 0.15) is 0 Å². The Balaban J connectivity index is 3.45. The van der Waals surface area contributed by atoms with Crippen LogP contribution in [0.1, 0.15) is 26.7 Å². The molecule has 0 aromatic rings. The van der Waals surface area contributed by atoms with E-state index in [-0.39, 0.29) is 18.5 Å². The first-order chi connectivity index (χ1) is 6.56. The van der Waals surface area contributed by atoms with Crippen LogP contribution in [0.15, 0.2) is 0 Å². The Morgan fingerprint density at radius 1 is 1.43 bits per heavy atom. The molecule has 0 fully saturated rings. The number of alkyl halides is 2. The molecule has 0 rings (SSSR count). The molecule has 0 aromatic carbocycles. The molecule has 0 heterocycles. The SMILES string of the molecule is CCCC(C)NC(=O)CNCC(F)F. The number of rotatable bonds is 7. The highest BCUT2D eigenvalue weighted by Gasteiger charge is 2.07. The van der Waals surface area contributed by atoms with Gasteiger partial charge in [-0.1, -0.05) is 13.3 Å². The third-order valence-corrected chi connectivity index (χ3v) is 1.71. The van der Waals surface area contributed by atoms with Crippen LogP contribution in [0.3, 0.4) is 0 Å². The fourth-order valence-corrected chi connectivity index (χ4v) is 1.13. The van der Waals surface area contributed by atoms with Crippen LogP contribution in [0, 0.1) is 0 Å². The first-order valence-corrected chi connectivity index (χ1v) is 4.84. The minimum atomic E-state index is -2.41. The van der Waals surface area contributed by atoms with Gasteiger partial charge in [-0.25, -0.2) is 8.78 Å². The van der Waals surface area contributed by atoms with E-state index in [1.165, 1.54) is 0 Å². The molecule has 5 heteroatoms. The molecule has 1 unspecified atom stereocenters. The molecule has 0 bridgehead atoms. The summed E-state index contributed by atoms with van der Waals surface area (Å²) in [5.41, 5.74) is 0. The Morgan fingerprint density at radius 3 is 2.57 bits per heavy atom. The number of hydrogen-bond acceptors (Lipinski definition) is 2. The van der Waals surface area contributed by atoms with Crippen LogP contribution in [0.5, 0.6) is 0 Å². The lowest BCUT2D eigenvalue weighted by Crippen LogP contribution is -2.40. The van der Waals surface area contributed by atoms with Crippen molar-refractivity contribution >= 4 is 5.91 Å². The van der Waals surface area contributed by atoms with Gasteiger partial charge in [-0.2, -0.15) is 0 Å². The third kappa shape index (κ3) is 7.91. The van der Waals surface area contributed by atoms with Crippen LogP contribution in [-0.2, 0) is 4.79 Å². The lowest BCUT2D eigenvalue weighted by Gasteiger charge is -2.12. The van der Waals surface area contributed by atoms with Gasteiger partial charge in [0.05, 0.1) is 13.1 Å². The fourth-order valence-electron chi connectivity index (χ4n) is 1.13. The van der Waals surface area contributed by atoms with E-state index in [0.717, 1.165) is 12.8 Å². The number of halogens is 2. The molecule has 2 N–H and O–H groups in total. The lowest BCUT2D eigenvalue weighted by atomic mass is 10.2. The normalized spacial score (nSPS) is 12.9. The molecule has 1 atom stereocenters. The molecule has 0 aromatic heterocycles. The van der Waals surface area contributed by atoms with Crippen molar-refractivity contribution in [1.29, 1.82) is 0 Å². The Labute approximate surface area is 83.3 Å². The van der Waals surface area contributed by atoms with E-state index in [2.05, 4.69) is 10.6 Å². The largest absolute Gasteiger partial charge is 0.353 e. The molecular weight excluding hydrogens is 190 g/mol. The summed E-state index contributed by atoms with van der Waals surface area (Å²) in [5.74, 6) is -0.230. The van der Waals surface area contributed by atoms with E-state index in [1.807, 2.05) is 13.8 Å². The second-order valence-corrected chi connectivity index (χ2v) is 3.28. The quantitative estimate of drug-likeness (QED) is 0.659. The predicted octanol–water partition coefficient (Wildman–Crippen LogP) is 1.15. The van der Waals surface area contributed by atoms with Gasteiger partial charge in [-0.3, -0.25) is 4.79 Å². The van der Waals surface area contributed by atoms with E-state index in [1.54, 1.807) is 0 Å². The van der Waals surface area contributed by atoms with Gasteiger partial charge in [0.2, 0.25) is 5.91 Å². The van der Waals surface area contributed by atoms with Crippen molar-refractivity contribution in [3.05, 3.63) is 0 Å². The average molecular weight is 208 g/mol. The number of carbonyl (C=O) groups excluding carboxylic acids is 1. The van der Waals surface area contributed by atoms with Crippen molar-refractivity contribution in [2.24, 2.45) is 0 Å². The predicted molar refractivity (Wildman–Crippen MR) is 51.4 cm³/mol. The van der Waals surface area contributed by atoms with Crippen molar-refractivity contribution < 1.29 is 13.6 Å². The topological polar surface area (TPSA) is 41.1 Å². The highest BCUT2D eigenvalue weighted by molar-refractivity contribution is 5.78. The van der Waals surface area contributed by atoms with Gasteiger partial charge in [0, 0.05) is 6.04 Å². The smallest absolute Gasteiger partial charge is 0.250 e. The summed E-state index contributed by atoms with van der Waals surface area (Å²) in [5, 5.41) is 5.08. The van der Waals surface area contributed by atoms with Gasteiger partial charge in [0.25, 0.3) is 6.43 Å². The van der Waals surface area contributed by atoms with Crippen LogP contribution in [0.4, 0.5) is 8.78 Å². The van der Waals surface area contributed by atoms with Gasteiger partial charge in [0.15, 0.2) is 0 Å². The minimum Gasteiger partial charge on any atom is -0.353 e. The lowest BCUT2D eigenvalue weighted by molar-refractivity contribution is -0.120. The molecule has 0 radical (unpaired) electrons. The molecule has 0 aliphatic heterocycles. The summed E-state index contributed by atoms with van der Waals surface area (Å²) in [4.78, 5) is 11.1. The number of carbonyl (C=O) groups is 1. The monoisotopic (exact) mass is 208 g/mol. The summed E-state index contributed by atoms with van der Waals surface area (Å²) in [7, 11) is 0. The molecule has 0 saturated carbocycles. The van der Waals surface area contributed by atoms with E-state index in [9.17, 15) is 13.6 Å². The number of amides is 1. The van der Waals surface area contributed by atoms with Crippen LogP contribution in [0.25, 0.3) is 0 Å². The molecule has 84 valence electrons. The second-order valence-electron chi connectivity index (χ2n) is 3.28. The second kappa shape index (κ2) is 7.67. The maximum Gasteiger partial charge on any atom is 0.250 e. The molecule has 0 aliphatic carbocycles. The van der Waals surface area contributed by atoms with Crippen molar-refractivity contribution in [3.8, 4) is 0 Å². The Morgan fingerprint density at radius 2 is 2.07 bits per heavy atom. The van der Waals surface area contributed by atoms with Gasteiger partial charge in [-0.15, -0.1) is 0 Å². The zero-order chi connectivity index (χ0) is 11.0. The molecule has 14 heavy (non-hydrogen) atoms. The average Bonchev–Trinajstić information content (AvgIpc) is 2.03. The van der Waals surface area contributed by atoms with Gasteiger partial charge < -0.3 is 10.6 Å². The zero-order valence-electron chi connectivity index (χ0n) is 8.65. The number of nitrogens with one attached hydrogen (secondary N) is 2. The van der Waals surface area contributed by atoms with E-state index < -0.39 is 13.0 Å². The zero-order valence-corrected chi connectivity index (χ0v) is 8.65. The highest BCUT2D eigenvalue weighted by atomic mass is 19.3. The summed E-state index contributed by atoms with van der Waals surface area (Å²) in [6.07, 6.45) is -0.511.